The predicted molar refractivity (Wildman–Crippen MR) is 320 cm³/mol. The molecule has 0 N–H and O–H groups in total. The van der Waals surface area contributed by atoms with Crippen molar-refractivity contribution in [2.75, 3.05) is 13.2 Å². The molecule has 6 nitrogen and oxygen atoms in total. The summed E-state index contributed by atoms with van der Waals surface area (Å²) in [5, 5.41) is 0. The lowest BCUT2D eigenvalue weighted by Crippen LogP contribution is -2.30. The van der Waals surface area contributed by atoms with Crippen LogP contribution in [0.2, 0.25) is 0 Å². The van der Waals surface area contributed by atoms with Gasteiger partial charge in [0.25, 0.3) is 0 Å². The van der Waals surface area contributed by atoms with E-state index in [1.54, 1.807) is 0 Å². The van der Waals surface area contributed by atoms with E-state index in [0.29, 0.717) is 19.3 Å². The van der Waals surface area contributed by atoms with Crippen LogP contribution in [0.15, 0.2) is 146 Å². The number of rotatable bonds is 52. The van der Waals surface area contributed by atoms with Crippen LogP contribution in [0.4, 0.5) is 0 Å². The van der Waals surface area contributed by atoms with Gasteiger partial charge in [-0.3, -0.25) is 14.4 Å². The number of hydrogen-bond acceptors (Lipinski definition) is 6. The van der Waals surface area contributed by atoms with Gasteiger partial charge in [0.15, 0.2) is 6.10 Å². The lowest BCUT2D eigenvalue weighted by atomic mass is 10.0. The highest BCUT2D eigenvalue weighted by atomic mass is 16.6. The maximum atomic E-state index is 12.8. The maximum Gasteiger partial charge on any atom is 0.306 e. The van der Waals surface area contributed by atoms with Crippen LogP contribution in [-0.2, 0) is 28.6 Å². The highest BCUT2D eigenvalue weighted by Crippen LogP contribution is 2.14. The predicted octanol–water partition coefficient (Wildman–Crippen LogP) is 20.4. The summed E-state index contributed by atoms with van der Waals surface area (Å²) in [6.45, 7) is 6.29. The minimum Gasteiger partial charge on any atom is -0.462 e. The third kappa shape index (κ3) is 58.2. The zero-order valence-corrected chi connectivity index (χ0v) is 47.5. The Morgan fingerprint density at radius 1 is 0.284 bits per heavy atom. The van der Waals surface area contributed by atoms with E-state index in [4.69, 9.17) is 14.2 Å². The topological polar surface area (TPSA) is 78.9 Å². The first-order chi connectivity index (χ1) is 36.5. The van der Waals surface area contributed by atoms with Crippen LogP contribution < -0.4 is 0 Å². The Kier molecular flexibility index (Phi) is 57.0. The SMILES string of the molecule is CC/C=C\C/C=C\C/C=C\C/C=C\C/C=C\C/C=C\C/C=C\CCCCCCCCCCCCCC(=O)OCC(COC(=O)CCCCCCCC)OC(=O)CCC/C=C\C/C=C\C/C=C\C/C=C\C/C=C\CC. The Labute approximate surface area is 455 Å². The molecular weight excluding hydrogens is 913 g/mol. The summed E-state index contributed by atoms with van der Waals surface area (Å²) in [5.74, 6) is -0.983. The molecule has 0 aromatic carbocycles. The van der Waals surface area contributed by atoms with Crippen LogP contribution in [0.25, 0.3) is 0 Å². The second-order valence-corrected chi connectivity index (χ2v) is 19.1. The fraction of sp³-hybridized carbons (Fsp3) is 0.603. The van der Waals surface area contributed by atoms with E-state index >= 15 is 0 Å². The van der Waals surface area contributed by atoms with Crippen molar-refractivity contribution in [3.05, 3.63) is 146 Å². The van der Waals surface area contributed by atoms with E-state index in [2.05, 4.69) is 167 Å². The molecule has 0 amide bonds. The summed E-state index contributed by atoms with van der Waals surface area (Å²) in [5.41, 5.74) is 0. The standard InChI is InChI=1S/C68H108O6/c1-4-7-10-13-16-18-20-22-24-26-27-28-29-30-31-32-33-34-35-36-37-38-39-40-41-43-44-46-48-50-52-55-58-61-67(70)73-64-65(63-72-66(69)60-57-54-15-12-9-6-3)74-68(71)62-59-56-53-51-49-47-45-42-25-23-21-19-17-14-11-8-5-2/h7-8,10-11,16-19,22-25,27-28,30-31,33-34,36-37,45,47,51,53,65H,4-6,9,12-15,20-21,26,29,32,35,38-44,46,48-50,52,54-64H2,1-3H3/b10-7-,11-8-,18-16-,19-17-,24-22-,25-23-,28-27-,31-30-,34-33-,37-36-,47-45-,53-51-. The van der Waals surface area contributed by atoms with E-state index in [-0.39, 0.29) is 37.5 Å². The molecule has 0 aliphatic rings. The van der Waals surface area contributed by atoms with E-state index in [0.717, 1.165) is 122 Å². The normalized spacial score (nSPS) is 13.2. The monoisotopic (exact) mass is 1020 g/mol. The number of esters is 3. The highest BCUT2D eigenvalue weighted by Gasteiger charge is 2.19. The Morgan fingerprint density at radius 2 is 0.541 bits per heavy atom. The van der Waals surface area contributed by atoms with Crippen molar-refractivity contribution in [1.29, 1.82) is 0 Å². The molecule has 0 fully saturated rings. The molecule has 0 aliphatic heterocycles. The molecule has 1 atom stereocenters. The van der Waals surface area contributed by atoms with E-state index in [9.17, 15) is 14.4 Å². The third-order valence-corrected chi connectivity index (χ3v) is 12.1. The summed E-state index contributed by atoms with van der Waals surface area (Å²) >= 11 is 0. The summed E-state index contributed by atoms with van der Waals surface area (Å²) < 4.78 is 16.7. The Bertz CT molecular complexity index is 1640. The van der Waals surface area contributed by atoms with Crippen molar-refractivity contribution in [3.8, 4) is 0 Å². The largest absolute Gasteiger partial charge is 0.462 e. The molecule has 0 spiro atoms. The van der Waals surface area contributed by atoms with Crippen LogP contribution >= 0.6 is 0 Å². The lowest BCUT2D eigenvalue weighted by molar-refractivity contribution is -0.167. The molecule has 0 rings (SSSR count). The quantitative estimate of drug-likeness (QED) is 0.0261. The van der Waals surface area contributed by atoms with Crippen LogP contribution in [0, 0.1) is 0 Å². The highest BCUT2D eigenvalue weighted by molar-refractivity contribution is 5.71. The summed E-state index contributed by atoms with van der Waals surface area (Å²) in [6, 6.07) is 0. The third-order valence-electron chi connectivity index (χ3n) is 12.1. The van der Waals surface area contributed by atoms with E-state index in [1.807, 2.05) is 0 Å². The molecule has 0 bridgehead atoms. The fourth-order valence-electron chi connectivity index (χ4n) is 7.69. The summed E-state index contributed by atoms with van der Waals surface area (Å²) in [7, 11) is 0. The van der Waals surface area contributed by atoms with Crippen LogP contribution in [0.3, 0.4) is 0 Å². The zero-order valence-electron chi connectivity index (χ0n) is 47.5. The molecular formula is C68H108O6. The molecule has 0 aliphatic carbocycles. The lowest BCUT2D eigenvalue weighted by Gasteiger charge is -2.18. The maximum absolute atomic E-state index is 12.8. The Hall–Kier alpha value is -4.71. The van der Waals surface area contributed by atoms with E-state index < -0.39 is 6.10 Å². The van der Waals surface area contributed by atoms with Gasteiger partial charge in [-0.05, 0) is 116 Å². The number of allylic oxidation sites excluding steroid dienone is 24. The zero-order chi connectivity index (χ0) is 53.6. The molecule has 0 aromatic rings. The number of carbonyl (C=O) groups is 3. The second kappa shape index (κ2) is 60.8. The number of carbonyl (C=O) groups excluding carboxylic acids is 3. The van der Waals surface area contributed by atoms with Gasteiger partial charge in [-0.15, -0.1) is 0 Å². The smallest absolute Gasteiger partial charge is 0.306 e. The first-order valence-electron chi connectivity index (χ1n) is 29.8. The minimum absolute atomic E-state index is 0.105. The number of unbranched alkanes of at least 4 members (excludes halogenated alkanes) is 17. The molecule has 0 aromatic heterocycles. The number of hydrogen-bond donors (Lipinski definition) is 0. The van der Waals surface area contributed by atoms with Crippen molar-refractivity contribution >= 4 is 17.9 Å². The van der Waals surface area contributed by atoms with Gasteiger partial charge < -0.3 is 14.2 Å². The van der Waals surface area contributed by atoms with Gasteiger partial charge in [-0.2, -0.15) is 0 Å². The molecule has 416 valence electrons. The van der Waals surface area contributed by atoms with Gasteiger partial charge in [0.2, 0.25) is 0 Å². The molecule has 6 heteroatoms. The van der Waals surface area contributed by atoms with Gasteiger partial charge in [-0.25, -0.2) is 0 Å². The molecule has 0 saturated heterocycles. The van der Waals surface area contributed by atoms with Gasteiger partial charge in [0.05, 0.1) is 0 Å². The summed E-state index contributed by atoms with van der Waals surface area (Å²) in [4.78, 5) is 37.9. The van der Waals surface area contributed by atoms with Crippen molar-refractivity contribution in [2.45, 2.75) is 252 Å². The van der Waals surface area contributed by atoms with Gasteiger partial charge in [-0.1, -0.05) is 256 Å². The molecule has 0 radical (unpaired) electrons. The Balaban J connectivity index is 4.15. The first-order valence-corrected chi connectivity index (χ1v) is 29.8. The van der Waals surface area contributed by atoms with Gasteiger partial charge in [0.1, 0.15) is 13.2 Å². The fourth-order valence-corrected chi connectivity index (χ4v) is 7.69. The van der Waals surface area contributed by atoms with Crippen molar-refractivity contribution in [1.82, 2.24) is 0 Å². The molecule has 0 heterocycles. The van der Waals surface area contributed by atoms with Crippen molar-refractivity contribution in [2.24, 2.45) is 0 Å². The number of ether oxygens (including phenoxy) is 3. The van der Waals surface area contributed by atoms with Crippen LogP contribution in [0.5, 0.6) is 0 Å². The Morgan fingerprint density at radius 3 is 0.865 bits per heavy atom. The minimum atomic E-state index is -0.810. The van der Waals surface area contributed by atoms with Crippen molar-refractivity contribution in [3.63, 3.8) is 0 Å². The van der Waals surface area contributed by atoms with Gasteiger partial charge in [0, 0.05) is 19.3 Å². The van der Waals surface area contributed by atoms with E-state index in [1.165, 1.54) is 77.0 Å². The first kappa shape index (κ1) is 69.3. The van der Waals surface area contributed by atoms with Crippen molar-refractivity contribution < 1.29 is 28.6 Å². The molecule has 1 unspecified atom stereocenters. The average molecular weight is 1020 g/mol. The van der Waals surface area contributed by atoms with Crippen LogP contribution in [0.1, 0.15) is 245 Å². The average Bonchev–Trinajstić information content (AvgIpc) is 3.40. The second-order valence-electron chi connectivity index (χ2n) is 19.1. The summed E-state index contributed by atoms with van der Waals surface area (Å²) in [6.07, 6.45) is 87.5. The van der Waals surface area contributed by atoms with Gasteiger partial charge >= 0.3 is 17.9 Å². The molecule has 74 heavy (non-hydrogen) atoms. The van der Waals surface area contributed by atoms with Crippen LogP contribution in [-0.4, -0.2) is 37.2 Å². The molecule has 0 saturated carbocycles.